The highest BCUT2D eigenvalue weighted by Gasteiger charge is 2.34. The van der Waals surface area contributed by atoms with E-state index in [1.165, 1.54) is 11.8 Å². The lowest BCUT2D eigenvalue weighted by molar-refractivity contribution is 1.14. The molecule has 1 unspecified atom stereocenters. The molecule has 0 radical (unpaired) electrons. The van der Waals surface area contributed by atoms with Gasteiger partial charge in [-0.3, -0.25) is 0 Å². The zero-order chi connectivity index (χ0) is 13.2. The molecular weight excluding hydrogens is 254 g/mol. The quantitative estimate of drug-likeness (QED) is 0.780. The number of para-hydroxylation sites is 1. The van der Waals surface area contributed by atoms with E-state index in [1.807, 2.05) is 53.6 Å². The van der Waals surface area contributed by atoms with Gasteiger partial charge in [-0.15, -0.1) is 0 Å². The summed E-state index contributed by atoms with van der Waals surface area (Å²) in [5.74, 6) is 0. The number of thioether (sulfide) groups is 1. The number of anilines is 1. The van der Waals surface area contributed by atoms with Crippen molar-refractivity contribution in [3.8, 4) is 12.1 Å². The Morgan fingerprint density at radius 1 is 1.16 bits per heavy atom. The first-order valence-corrected chi connectivity index (χ1v) is 6.67. The molecule has 0 spiro atoms. The number of nitrogens with zero attached hydrogens (tertiary/aromatic N) is 3. The first kappa shape index (κ1) is 11.6. The molecule has 90 valence electrons. The molecule has 0 fully saturated rings. The number of hydrogen-bond acceptors (Lipinski definition) is 4. The van der Waals surface area contributed by atoms with Crippen LogP contribution in [0.25, 0.3) is 0 Å². The third kappa shape index (κ3) is 1.83. The number of fused-ring (bicyclic) bond motifs is 1. The van der Waals surface area contributed by atoms with Gasteiger partial charge in [0.25, 0.3) is 0 Å². The molecule has 4 heteroatoms. The Bertz CT molecular complexity index is 686. The van der Waals surface area contributed by atoms with Crippen molar-refractivity contribution in [2.75, 3.05) is 4.90 Å². The second-order valence-electron chi connectivity index (χ2n) is 4.08. The van der Waals surface area contributed by atoms with E-state index in [4.69, 9.17) is 5.26 Å². The molecule has 0 N–H and O–H groups in total. The molecule has 1 aromatic rings. The van der Waals surface area contributed by atoms with Crippen LogP contribution >= 0.6 is 11.8 Å². The van der Waals surface area contributed by atoms with Gasteiger partial charge in [0.1, 0.15) is 5.25 Å². The van der Waals surface area contributed by atoms with E-state index < -0.39 is 5.25 Å². The van der Waals surface area contributed by atoms with Crippen LogP contribution in [0.2, 0.25) is 0 Å². The average Bonchev–Trinajstić information content (AvgIpc) is 2.85. The maximum absolute atomic E-state index is 9.32. The first-order valence-electron chi connectivity index (χ1n) is 5.79. The predicted molar refractivity (Wildman–Crippen MR) is 75.8 cm³/mol. The number of benzene rings is 1. The lowest BCUT2D eigenvalue weighted by Gasteiger charge is -2.25. The van der Waals surface area contributed by atoms with Crippen LogP contribution in [-0.4, -0.2) is 5.25 Å². The maximum Gasteiger partial charge on any atom is 0.133 e. The Kier molecular flexibility index (Phi) is 2.87. The van der Waals surface area contributed by atoms with Crippen molar-refractivity contribution in [1.82, 2.24) is 0 Å². The van der Waals surface area contributed by atoms with Crippen LogP contribution in [0.5, 0.6) is 0 Å². The van der Waals surface area contributed by atoms with Gasteiger partial charge in [-0.05, 0) is 24.3 Å². The van der Waals surface area contributed by atoms with Gasteiger partial charge in [0, 0.05) is 16.8 Å². The third-order valence-corrected chi connectivity index (χ3v) is 4.15. The Labute approximate surface area is 115 Å². The Hall–Kier alpha value is -2.43. The molecule has 2 aliphatic rings. The van der Waals surface area contributed by atoms with E-state index in [2.05, 4.69) is 12.1 Å². The van der Waals surface area contributed by atoms with Crippen molar-refractivity contribution in [3.05, 3.63) is 64.9 Å². The fourth-order valence-electron chi connectivity index (χ4n) is 2.16. The summed E-state index contributed by atoms with van der Waals surface area (Å²) in [6.45, 7) is 0. The van der Waals surface area contributed by atoms with Crippen LogP contribution in [0.4, 0.5) is 5.69 Å². The SMILES string of the molecule is N#CC1=C2C(=CC=CN2c2ccccc2)SC1C#N. The highest BCUT2D eigenvalue weighted by Crippen LogP contribution is 2.45. The number of nitriles is 2. The van der Waals surface area contributed by atoms with Crippen LogP contribution in [0.1, 0.15) is 0 Å². The molecule has 0 bridgehead atoms. The van der Waals surface area contributed by atoms with Crippen LogP contribution in [-0.2, 0) is 0 Å². The summed E-state index contributed by atoms with van der Waals surface area (Å²) in [6.07, 6.45) is 5.81. The summed E-state index contributed by atoms with van der Waals surface area (Å²) in [7, 11) is 0. The largest absolute Gasteiger partial charge is 0.315 e. The van der Waals surface area contributed by atoms with Crippen molar-refractivity contribution in [2.24, 2.45) is 0 Å². The second kappa shape index (κ2) is 4.68. The average molecular weight is 263 g/mol. The van der Waals surface area contributed by atoms with Gasteiger partial charge >= 0.3 is 0 Å². The fourth-order valence-corrected chi connectivity index (χ4v) is 3.23. The molecule has 0 saturated carbocycles. The lowest BCUT2D eigenvalue weighted by atomic mass is 10.1. The molecule has 3 rings (SSSR count). The molecule has 0 aliphatic carbocycles. The van der Waals surface area contributed by atoms with Gasteiger partial charge in [0.15, 0.2) is 0 Å². The van der Waals surface area contributed by atoms with E-state index in [0.717, 1.165) is 16.3 Å². The number of allylic oxidation sites excluding steroid dienone is 2. The monoisotopic (exact) mass is 263 g/mol. The predicted octanol–water partition coefficient (Wildman–Crippen LogP) is 3.32. The highest BCUT2D eigenvalue weighted by atomic mass is 32.2. The zero-order valence-corrected chi connectivity index (χ0v) is 10.8. The second-order valence-corrected chi connectivity index (χ2v) is 5.23. The molecule has 0 amide bonds. The molecule has 3 nitrogen and oxygen atoms in total. The van der Waals surface area contributed by atoms with E-state index in [-0.39, 0.29) is 0 Å². The lowest BCUT2D eigenvalue weighted by Crippen LogP contribution is -2.18. The summed E-state index contributed by atoms with van der Waals surface area (Å²) in [4.78, 5) is 2.95. The van der Waals surface area contributed by atoms with Crippen LogP contribution in [0.3, 0.4) is 0 Å². The number of rotatable bonds is 1. The summed E-state index contributed by atoms with van der Waals surface area (Å²) >= 11 is 1.44. The summed E-state index contributed by atoms with van der Waals surface area (Å²) < 4.78 is 0. The molecule has 0 aromatic heterocycles. The van der Waals surface area contributed by atoms with Crippen molar-refractivity contribution in [1.29, 1.82) is 10.5 Å². The van der Waals surface area contributed by atoms with Gasteiger partial charge < -0.3 is 4.90 Å². The fraction of sp³-hybridized carbons (Fsp3) is 0.0667. The molecule has 0 saturated heterocycles. The molecule has 19 heavy (non-hydrogen) atoms. The minimum absolute atomic E-state index is 0.405. The normalized spacial score (nSPS) is 20.6. The van der Waals surface area contributed by atoms with Gasteiger partial charge in [0.05, 0.1) is 23.4 Å². The minimum atomic E-state index is -0.405. The maximum atomic E-state index is 9.32. The highest BCUT2D eigenvalue weighted by molar-refractivity contribution is 8.04. The van der Waals surface area contributed by atoms with E-state index in [1.54, 1.807) is 0 Å². The molecule has 1 aromatic carbocycles. The topological polar surface area (TPSA) is 50.8 Å². The number of hydrogen-bond donors (Lipinski definition) is 0. The van der Waals surface area contributed by atoms with Gasteiger partial charge in [-0.2, -0.15) is 10.5 Å². The van der Waals surface area contributed by atoms with Gasteiger partial charge in [-0.1, -0.05) is 30.0 Å². The first-order chi connectivity index (χ1) is 9.35. The Morgan fingerprint density at radius 2 is 1.95 bits per heavy atom. The minimum Gasteiger partial charge on any atom is -0.315 e. The Balaban J connectivity index is 2.14. The van der Waals surface area contributed by atoms with Crippen LogP contribution in [0, 0.1) is 22.7 Å². The van der Waals surface area contributed by atoms with E-state index in [0.29, 0.717) is 5.57 Å². The van der Waals surface area contributed by atoms with E-state index in [9.17, 15) is 5.26 Å². The van der Waals surface area contributed by atoms with Crippen molar-refractivity contribution in [3.63, 3.8) is 0 Å². The summed E-state index contributed by atoms with van der Waals surface area (Å²) in [6, 6.07) is 14.2. The smallest absolute Gasteiger partial charge is 0.133 e. The van der Waals surface area contributed by atoms with Gasteiger partial charge in [-0.25, -0.2) is 0 Å². The molecule has 2 heterocycles. The zero-order valence-electron chi connectivity index (χ0n) is 9.95. The van der Waals surface area contributed by atoms with Crippen molar-refractivity contribution < 1.29 is 0 Å². The van der Waals surface area contributed by atoms with E-state index >= 15 is 0 Å². The van der Waals surface area contributed by atoms with Crippen LogP contribution in [0.15, 0.2) is 64.9 Å². The van der Waals surface area contributed by atoms with Crippen molar-refractivity contribution in [2.45, 2.75) is 5.25 Å². The van der Waals surface area contributed by atoms with Crippen LogP contribution < -0.4 is 4.90 Å². The molecule has 2 aliphatic heterocycles. The molecular formula is C15H9N3S. The third-order valence-electron chi connectivity index (χ3n) is 2.99. The van der Waals surface area contributed by atoms with Gasteiger partial charge in [0.2, 0.25) is 0 Å². The molecule has 1 atom stereocenters. The standard InChI is InChI=1S/C15H9N3S/c16-9-12-14(10-17)19-13-7-4-8-18(15(12)13)11-5-2-1-3-6-11/h1-8,14H. The summed E-state index contributed by atoms with van der Waals surface area (Å²) in [5.41, 5.74) is 2.37. The van der Waals surface area contributed by atoms with Crippen molar-refractivity contribution >= 4 is 17.4 Å². The summed E-state index contributed by atoms with van der Waals surface area (Å²) in [5, 5.41) is 18.1. The Morgan fingerprint density at radius 3 is 2.63 bits per heavy atom.